The van der Waals surface area contributed by atoms with Crippen LogP contribution in [0.25, 0.3) is 11.1 Å². The number of carbonyl (C=O) groups is 1. The van der Waals surface area contributed by atoms with Crippen molar-refractivity contribution in [1.29, 1.82) is 0 Å². The maximum atomic E-state index is 12.6. The van der Waals surface area contributed by atoms with E-state index in [0.29, 0.717) is 22.9 Å². The molecule has 1 N–H and O–H groups in total. The number of rotatable bonds is 6. The number of aryl methyl sites for hydroxylation is 1. The molecule has 2 aromatic carbocycles. The highest BCUT2D eigenvalue weighted by Gasteiger charge is 2.22. The van der Waals surface area contributed by atoms with E-state index >= 15 is 0 Å². The second-order valence-corrected chi connectivity index (χ2v) is 6.86. The quantitative estimate of drug-likeness (QED) is 0.388. The number of nitro benzene ring substituents is 1. The number of nitro groups is 1. The third kappa shape index (κ3) is 3.85. The van der Waals surface area contributed by atoms with Crippen molar-refractivity contribution in [2.24, 2.45) is 0 Å². The smallest absolute Gasteiger partial charge is 0.271 e. The highest BCUT2D eigenvalue weighted by molar-refractivity contribution is 8.00. The van der Waals surface area contributed by atoms with Crippen molar-refractivity contribution in [2.75, 3.05) is 5.32 Å². The topological polar surface area (TPSA) is 98.3 Å². The van der Waals surface area contributed by atoms with Crippen molar-refractivity contribution in [3.05, 3.63) is 58.1 Å². The summed E-state index contributed by atoms with van der Waals surface area (Å²) in [5, 5.41) is 13.7. The van der Waals surface area contributed by atoms with Crippen molar-refractivity contribution < 1.29 is 14.1 Å². The fraction of sp³-hybridized carbons (Fsp3) is 0.222. The van der Waals surface area contributed by atoms with Crippen LogP contribution in [0.4, 0.5) is 11.4 Å². The molecule has 0 bridgehead atoms. The number of anilines is 1. The van der Waals surface area contributed by atoms with Gasteiger partial charge in [0, 0.05) is 12.1 Å². The van der Waals surface area contributed by atoms with Gasteiger partial charge in [0.2, 0.25) is 5.91 Å². The number of aromatic nitrogens is 1. The summed E-state index contributed by atoms with van der Waals surface area (Å²) in [6.45, 7) is 3.68. The maximum Gasteiger partial charge on any atom is 0.271 e. The van der Waals surface area contributed by atoms with Crippen LogP contribution in [0.5, 0.6) is 0 Å². The van der Waals surface area contributed by atoms with Crippen molar-refractivity contribution in [3.63, 3.8) is 0 Å². The normalized spacial score (nSPS) is 12.1. The number of hydrogen-bond acceptors (Lipinski definition) is 6. The van der Waals surface area contributed by atoms with Crippen LogP contribution in [0.1, 0.15) is 18.9 Å². The van der Waals surface area contributed by atoms with E-state index < -0.39 is 10.2 Å². The van der Waals surface area contributed by atoms with E-state index in [-0.39, 0.29) is 11.6 Å². The molecule has 0 aliphatic carbocycles. The highest BCUT2D eigenvalue weighted by Crippen LogP contribution is 2.30. The van der Waals surface area contributed by atoms with Gasteiger partial charge in [-0.2, -0.15) is 0 Å². The predicted octanol–water partition coefficient (Wildman–Crippen LogP) is 4.55. The van der Waals surface area contributed by atoms with Crippen LogP contribution in [0.2, 0.25) is 0 Å². The van der Waals surface area contributed by atoms with Gasteiger partial charge in [0.15, 0.2) is 5.58 Å². The number of benzene rings is 2. The Kier molecular flexibility index (Phi) is 5.22. The minimum Gasteiger partial charge on any atom is -0.431 e. The second kappa shape index (κ2) is 7.57. The average molecular weight is 371 g/mol. The van der Waals surface area contributed by atoms with Crippen molar-refractivity contribution in [3.8, 4) is 0 Å². The van der Waals surface area contributed by atoms with E-state index in [1.165, 1.54) is 23.9 Å². The highest BCUT2D eigenvalue weighted by atomic mass is 32.2. The summed E-state index contributed by atoms with van der Waals surface area (Å²) >= 11 is 1.23. The van der Waals surface area contributed by atoms with Gasteiger partial charge in [-0.3, -0.25) is 14.9 Å². The second-order valence-electron chi connectivity index (χ2n) is 5.71. The minimum absolute atomic E-state index is 0.0643. The van der Waals surface area contributed by atoms with Crippen LogP contribution >= 0.6 is 11.8 Å². The van der Waals surface area contributed by atoms with E-state index in [4.69, 9.17) is 4.42 Å². The van der Waals surface area contributed by atoms with Gasteiger partial charge in [0.1, 0.15) is 5.52 Å². The van der Waals surface area contributed by atoms with Crippen molar-refractivity contribution in [1.82, 2.24) is 4.98 Å². The van der Waals surface area contributed by atoms with Gasteiger partial charge in [0.05, 0.1) is 15.9 Å². The third-order valence-corrected chi connectivity index (χ3v) is 5.08. The Morgan fingerprint density at radius 3 is 2.81 bits per heavy atom. The third-order valence-electron chi connectivity index (χ3n) is 3.87. The molecule has 1 heterocycles. The summed E-state index contributed by atoms with van der Waals surface area (Å²) in [5.41, 5.74) is 2.52. The standard InChI is InChI=1S/C18H17N3O4S/c1-3-16(26-18-20-13-6-4-5-7-15(13)25-18)17(22)19-14-10-12(21(23)24)9-8-11(14)2/h4-10,16H,3H2,1-2H3,(H,19,22). The Morgan fingerprint density at radius 2 is 2.12 bits per heavy atom. The molecule has 1 unspecified atom stereocenters. The van der Waals surface area contributed by atoms with Crippen molar-refractivity contribution in [2.45, 2.75) is 30.7 Å². The van der Waals surface area contributed by atoms with Gasteiger partial charge in [-0.25, -0.2) is 4.98 Å². The first-order valence-corrected chi connectivity index (χ1v) is 8.94. The molecule has 3 aromatic rings. The molecule has 134 valence electrons. The monoisotopic (exact) mass is 371 g/mol. The van der Waals surface area contributed by atoms with Gasteiger partial charge in [-0.05, 0) is 31.0 Å². The number of thioether (sulfide) groups is 1. The SMILES string of the molecule is CCC(Sc1nc2ccccc2o1)C(=O)Nc1cc([N+](=O)[O-])ccc1C. The lowest BCUT2D eigenvalue weighted by atomic mass is 10.1. The zero-order valence-electron chi connectivity index (χ0n) is 14.3. The number of nitrogens with one attached hydrogen (secondary N) is 1. The van der Waals surface area contributed by atoms with Gasteiger partial charge >= 0.3 is 0 Å². The summed E-state index contributed by atoms with van der Waals surface area (Å²) < 4.78 is 5.66. The lowest BCUT2D eigenvalue weighted by Gasteiger charge is -2.14. The molecule has 7 nitrogen and oxygen atoms in total. The number of oxazole rings is 1. The maximum absolute atomic E-state index is 12.6. The Labute approximate surface area is 153 Å². The van der Waals surface area contributed by atoms with E-state index in [9.17, 15) is 14.9 Å². The molecule has 0 spiro atoms. The van der Waals surface area contributed by atoms with Crippen LogP contribution in [0.15, 0.2) is 52.1 Å². The van der Waals surface area contributed by atoms with E-state index in [0.717, 1.165) is 11.1 Å². The number of nitrogens with zero attached hydrogens (tertiary/aromatic N) is 2. The van der Waals surface area contributed by atoms with Crippen LogP contribution < -0.4 is 5.32 Å². The number of non-ortho nitro benzene ring substituents is 1. The Morgan fingerprint density at radius 1 is 1.35 bits per heavy atom. The lowest BCUT2D eigenvalue weighted by molar-refractivity contribution is -0.384. The van der Waals surface area contributed by atoms with E-state index in [1.54, 1.807) is 13.0 Å². The Balaban J connectivity index is 1.76. The predicted molar refractivity (Wildman–Crippen MR) is 100 cm³/mol. The van der Waals surface area contributed by atoms with Gasteiger partial charge < -0.3 is 9.73 Å². The number of fused-ring (bicyclic) bond motifs is 1. The molecule has 8 heteroatoms. The summed E-state index contributed by atoms with van der Waals surface area (Å²) in [6.07, 6.45) is 0.559. The molecule has 1 amide bonds. The Hall–Kier alpha value is -2.87. The largest absolute Gasteiger partial charge is 0.431 e. The van der Waals surface area contributed by atoms with Crippen LogP contribution in [-0.4, -0.2) is 21.1 Å². The fourth-order valence-electron chi connectivity index (χ4n) is 2.42. The lowest BCUT2D eigenvalue weighted by Crippen LogP contribution is -2.25. The molecule has 0 saturated heterocycles. The number of amides is 1. The first-order chi connectivity index (χ1) is 12.5. The summed E-state index contributed by atoms with van der Waals surface area (Å²) in [7, 11) is 0. The molecule has 0 aliphatic rings. The van der Waals surface area contributed by atoms with Gasteiger partial charge in [-0.15, -0.1) is 0 Å². The average Bonchev–Trinajstić information content (AvgIpc) is 3.03. The molecule has 1 aromatic heterocycles. The molecule has 0 radical (unpaired) electrons. The molecule has 1 atom stereocenters. The summed E-state index contributed by atoms with van der Waals surface area (Å²) in [4.78, 5) is 27.4. The first-order valence-electron chi connectivity index (χ1n) is 8.06. The number of hydrogen-bond donors (Lipinski definition) is 1. The van der Waals surface area contributed by atoms with Gasteiger partial charge in [0.25, 0.3) is 10.9 Å². The van der Waals surface area contributed by atoms with Crippen LogP contribution in [-0.2, 0) is 4.79 Å². The zero-order chi connectivity index (χ0) is 18.7. The molecular formula is C18H17N3O4S. The molecule has 0 aliphatic heterocycles. The van der Waals surface area contributed by atoms with E-state index in [1.807, 2.05) is 31.2 Å². The zero-order valence-corrected chi connectivity index (χ0v) is 15.1. The van der Waals surface area contributed by atoms with Crippen LogP contribution in [0.3, 0.4) is 0 Å². The van der Waals surface area contributed by atoms with E-state index in [2.05, 4.69) is 10.3 Å². The van der Waals surface area contributed by atoms with Crippen molar-refractivity contribution >= 4 is 40.1 Å². The summed E-state index contributed by atoms with van der Waals surface area (Å²) in [5.74, 6) is -0.247. The summed E-state index contributed by atoms with van der Waals surface area (Å²) in [6, 6.07) is 11.8. The fourth-order valence-corrected chi connectivity index (χ4v) is 3.28. The number of carbonyl (C=O) groups excluding carboxylic acids is 1. The number of para-hydroxylation sites is 2. The van der Waals surface area contributed by atoms with Gasteiger partial charge in [-0.1, -0.05) is 36.9 Å². The van der Waals surface area contributed by atoms with Crippen LogP contribution in [0, 0.1) is 17.0 Å². The first kappa shape index (κ1) is 17.9. The molecular weight excluding hydrogens is 354 g/mol. The minimum atomic E-state index is -0.487. The Bertz CT molecular complexity index is 937. The molecule has 0 fully saturated rings. The molecule has 3 rings (SSSR count). The molecule has 26 heavy (non-hydrogen) atoms. The molecule has 0 saturated carbocycles.